The molecule has 5 N–H and O–H groups in total. The average molecular weight is 472 g/mol. The number of methoxy groups -OCH3 is 1. The first-order valence-corrected chi connectivity index (χ1v) is 12.4. The van der Waals surface area contributed by atoms with Crippen molar-refractivity contribution >= 4 is 11.9 Å². The van der Waals surface area contributed by atoms with Crippen molar-refractivity contribution in [1.29, 1.82) is 0 Å². The number of aliphatic hydroxyl groups is 1. The first-order chi connectivity index (χ1) is 16.3. The highest BCUT2D eigenvalue weighted by Crippen LogP contribution is 2.65. The van der Waals surface area contributed by atoms with Gasteiger partial charge in [-0.1, -0.05) is 6.07 Å². The van der Waals surface area contributed by atoms with E-state index in [4.69, 9.17) is 10.5 Å². The lowest BCUT2D eigenvalue weighted by Gasteiger charge is -2.64. The fraction of sp³-hybridized carbons (Fsp3) is 0.680. The molecule has 34 heavy (non-hydrogen) atoms. The van der Waals surface area contributed by atoms with E-state index in [0.29, 0.717) is 25.0 Å². The lowest BCUT2D eigenvalue weighted by Crippen LogP contribution is -2.78. The van der Waals surface area contributed by atoms with Crippen LogP contribution < -0.4 is 15.8 Å². The number of hydrogen-bond acceptors (Lipinski definition) is 8. The van der Waals surface area contributed by atoms with Crippen molar-refractivity contribution in [1.82, 2.24) is 10.2 Å². The zero-order chi connectivity index (χ0) is 23.8. The summed E-state index contributed by atoms with van der Waals surface area (Å²) in [6.45, 7) is 1.86. The third kappa shape index (κ3) is 2.96. The Morgan fingerprint density at radius 1 is 1.32 bits per heavy atom. The van der Waals surface area contributed by atoms with Crippen LogP contribution >= 0.6 is 0 Å². The molecule has 3 fully saturated rings. The fourth-order valence-corrected chi connectivity index (χ4v) is 7.27. The number of phenolic OH excluding ortho intramolecular Hbond substituents is 1. The zero-order valence-corrected chi connectivity index (χ0v) is 19.5. The maximum absolute atomic E-state index is 12.9. The summed E-state index contributed by atoms with van der Waals surface area (Å²) < 4.78 is 11.1. The van der Waals surface area contributed by atoms with Crippen molar-refractivity contribution in [2.45, 2.75) is 80.2 Å². The number of nitrogens with one attached hydrogen (secondary N) is 1. The van der Waals surface area contributed by atoms with Crippen LogP contribution in [-0.4, -0.2) is 77.0 Å². The van der Waals surface area contributed by atoms with Gasteiger partial charge in [0.05, 0.1) is 36.6 Å². The maximum atomic E-state index is 12.9. The van der Waals surface area contributed by atoms with Gasteiger partial charge in [-0.2, -0.15) is 0 Å². The summed E-state index contributed by atoms with van der Waals surface area (Å²) >= 11 is 0. The Kier molecular flexibility index (Phi) is 4.92. The highest BCUT2D eigenvalue weighted by molar-refractivity contribution is 5.86. The SMILES string of the molecule is COC(=O)C[C@H](N)C(=O)N[C@@H]1CC[C@@]2(O)[C@H]3Cc4ccc(O)c5c4[C@@]2(CCN3CC2CC2)[C@H]1O5. The van der Waals surface area contributed by atoms with Crippen LogP contribution in [0, 0.1) is 5.92 Å². The van der Waals surface area contributed by atoms with E-state index < -0.39 is 41.1 Å². The van der Waals surface area contributed by atoms with E-state index >= 15 is 0 Å². The molecule has 2 heterocycles. The van der Waals surface area contributed by atoms with Crippen molar-refractivity contribution in [3.8, 4) is 11.5 Å². The number of benzene rings is 1. The second kappa shape index (κ2) is 7.57. The molecule has 5 aliphatic rings. The number of aromatic hydroxyl groups is 1. The van der Waals surface area contributed by atoms with Crippen LogP contribution in [0.25, 0.3) is 0 Å². The van der Waals surface area contributed by atoms with Gasteiger partial charge in [-0.05, 0) is 62.6 Å². The third-order valence-corrected chi connectivity index (χ3v) is 9.04. The molecule has 0 aromatic heterocycles. The Labute approximate surface area is 198 Å². The molecule has 1 spiro atoms. The largest absolute Gasteiger partial charge is 0.504 e. The predicted octanol–water partition coefficient (Wildman–Crippen LogP) is 0.332. The van der Waals surface area contributed by atoms with Gasteiger partial charge in [0, 0.05) is 18.2 Å². The number of likely N-dealkylation sites (tertiary alicyclic amines) is 1. The molecule has 2 bridgehead atoms. The van der Waals surface area contributed by atoms with Crippen molar-refractivity contribution in [2.75, 3.05) is 20.2 Å². The normalized spacial score (nSPS) is 36.3. The summed E-state index contributed by atoms with van der Waals surface area (Å²) in [6.07, 6.45) is 4.25. The fourth-order valence-electron chi connectivity index (χ4n) is 7.27. The molecule has 1 aromatic carbocycles. The van der Waals surface area contributed by atoms with E-state index in [1.807, 2.05) is 6.07 Å². The predicted molar refractivity (Wildman–Crippen MR) is 121 cm³/mol. The average Bonchev–Trinajstić information content (AvgIpc) is 3.55. The molecule has 9 nitrogen and oxygen atoms in total. The number of rotatable bonds is 6. The number of ether oxygens (including phenoxy) is 2. The van der Waals surface area contributed by atoms with Gasteiger partial charge in [-0.3, -0.25) is 14.5 Å². The van der Waals surface area contributed by atoms with E-state index in [-0.39, 0.29) is 18.2 Å². The third-order valence-electron chi connectivity index (χ3n) is 9.04. The minimum Gasteiger partial charge on any atom is -0.504 e. The van der Waals surface area contributed by atoms with Gasteiger partial charge < -0.3 is 30.7 Å². The number of hydrogen-bond donors (Lipinski definition) is 4. The molecule has 2 aliphatic heterocycles. The second-order valence-corrected chi connectivity index (χ2v) is 10.8. The number of piperidine rings is 1. The van der Waals surface area contributed by atoms with Gasteiger partial charge >= 0.3 is 5.97 Å². The van der Waals surface area contributed by atoms with Gasteiger partial charge in [-0.25, -0.2) is 0 Å². The summed E-state index contributed by atoms with van der Waals surface area (Å²) in [5, 5.41) is 26.1. The molecule has 1 amide bonds. The Balaban J connectivity index is 1.36. The zero-order valence-electron chi connectivity index (χ0n) is 19.5. The minimum absolute atomic E-state index is 0.0193. The van der Waals surface area contributed by atoms with E-state index in [0.717, 1.165) is 36.6 Å². The molecule has 9 heteroatoms. The van der Waals surface area contributed by atoms with Crippen LogP contribution in [0.1, 0.15) is 49.7 Å². The van der Waals surface area contributed by atoms with Gasteiger partial charge in [0.2, 0.25) is 5.91 Å². The summed E-state index contributed by atoms with van der Waals surface area (Å²) in [6, 6.07) is 2.19. The first-order valence-electron chi connectivity index (χ1n) is 12.4. The molecular weight excluding hydrogens is 438 g/mol. The van der Waals surface area contributed by atoms with Crippen molar-refractivity contribution in [3.05, 3.63) is 23.3 Å². The monoisotopic (exact) mass is 471 g/mol. The number of nitrogens with zero attached hydrogens (tertiary/aromatic N) is 1. The van der Waals surface area contributed by atoms with Crippen molar-refractivity contribution in [2.24, 2.45) is 11.7 Å². The number of nitrogens with two attached hydrogens (primary N) is 1. The molecule has 6 rings (SSSR count). The molecule has 6 atom stereocenters. The lowest BCUT2D eigenvalue weighted by molar-refractivity contribution is -0.192. The molecule has 3 aliphatic carbocycles. The smallest absolute Gasteiger partial charge is 0.307 e. The van der Waals surface area contributed by atoms with E-state index in [9.17, 15) is 19.8 Å². The number of esters is 1. The molecule has 0 unspecified atom stereocenters. The number of carbonyl (C=O) groups is 2. The Hall–Kier alpha value is -2.36. The van der Waals surface area contributed by atoms with Crippen LogP contribution in [0.4, 0.5) is 0 Å². The van der Waals surface area contributed by atoms with E-state index in [1.165, 1.54) is 20.0 Å². The summed E-state index contributed by atoms with van der Waals surface area (Å²) in [5.41, 5.74) is 6.28. The number of phenols is 1. The molecule has 1 aromatic rings. The van der Waals surface area contributed by atoms with Crippen molar-refractivity contribution in [3.63, 3.8) is 0 Å². The van der Waals surface area contributed by atoms with E-state index in [2.05, 4.69) is 15.0 Å². The number of carbonyl (C=O) groups excluding carboxylic acids is 2. The maximum Gasteiger partial charge on any atom is 0.307 e. The Bertz CT molecular complexity index is 1040. The highest BCUT2D eigenvalue weighted by atomic mass is 16.5. The summed E-state index contributed by atoms with van der Waals surface area (Å²) in [7, 11) is 1.26. The van der Waals surface area contributed by atoms with Gasteiger partial charge in [0.25, 0.3) is 0 Å². The van der Waals surface area contributed by atoms with Crippen molar-refractivity contribution < 1.29 is 29.3 Å². The van der Waals surface area contributed by atoms with Crippen LogP contribution in [0.3, 0.4) is 0 Å². The quantitative estimate of drug-likeness (QED) is 0.436. The Morgan fingerprint density at radius 2 is 2.12 bits per heavy atom. The number of amides is 1. The molecular formula is C25H33N3O6. The molecule has 2 saturated carbocycles. The Morgan fingerprint density at radius 3 is 2.85 bits per heavy atom. The lowest BCUT2D eigenvalue weighted by atomic mass is 9.48. The van der Waals surface area contributed by atoms with Crippen LogP contribution in [0.2, 0.25) is 0 Å². The van der Waals surface area contributed by atoms with Gasteiger partial charge in [0.1, 0.15) is 6.10 Å². The first kappa shape index (κ1) is 22.1. The molecule has 1 saturated heterocycles. The van der Waals surface area contributed by atoms with Gasteiger partial charge in [0.15, 0.2) is 11.5 Å². The topological polar surface area (TPSA) is 134 Å². The summed E-state index contributed by atoms with van der Waals surface area (Å²) in [5.74, 6) is 0.236. The molecule has 184 valence electrons. The minimum atomic E-state index is -1.03. The van der Waals surface area contributed by atoms with E-state index in [1.54, 1.807) is 6.07 Å². The van der Waals surface area contributed by atoms with Crippen LogP contribution in [-0.2, 0) is 26.2 Å². The molecule has 0 radical (unpaired) electrons. The summed E-state index contributed by atoms with van der Waals surface area (Å²) in [4.78, 5) is 26.9. The van der Waals surface area contributed by atoms with Crippen LogP contribution in [0.15, 0.2) is 12.1 Å². The van der Waals surface area contributed by atoms with Gasteiger partial charge in [-0.15, -0.1) is 0 Å². The highest BCUT2D eigenvalue weighted by Gasteiger charge is 2.73. The second-order valence-electron chi connectivity index (χ2n) is 10.8. The van der Waals surface area contributed by atoms with Crippen LogP contribution in [0.5, 0.6) is 11.5 Å². The standard InChI is InChI=1S/C25H33N3O6/c1-33-19(30)11-15(26)23(31)27-16-6-7-25(32)18-10-14-4-5-17(29)21-20(14)24(25,22(16)34-21)8-9-28(18)12-13-2-3-13/h4-5,13,15-16,18,22,29,32H,2-3,6-12,26H2,1H3,(H,27,31)/t15-,16+,18+,22-,24-,25+/m0/s1.